The van der Waals surface area contributed by atoms with Crippen LogP contribution < -0.4 is 9.64 Å². The van der Waals surface area contributed by atoms with Crippen molar-refractivity contribution < 1.29 is 9.53 Å². The minimum Gasteiger partial charge on any atom is -0.423 e. The van der Waals surface area contributed by atoms with E-state index in [4.69, 9.17) is 4.74 Å². The summed E-state index contributed by atoms with van der Waals surface area (Å²) in [4.78, 5) is 19.0. The van der Waals surface area contributed by atoms with Gasteiger partial charge in [0.25, 0.3) is 0 Å². The number of ether oxygens (including phenoxy) is 1. The molecule has 1 aromatic heterocycles. The molecule has 6 nitrogen and oxygen atoms in total. The Balaban J connectivity index is 1.63. The number of allylic oxidation sites excluding steroid dienone is 3. The van der Waals surface area contributed by atoms with E-state index in [9.17, 15) is 4.79 Å². The third-order valence-corrected chi connectivity index (χ3v) is 5.83. The van der Waals surface area contributed by atoms with Crippen LogP contribution in [0, 0.1) is 0 Å². The van der Waals surface area contributed by atoms with Crippen molar-refractivity contribution in [1.29, 1.82) is 0 Å². The van der Waals surface area contributed by atoms with Gasteiger partial charge in [-0.25, -0.2) is 4.79 Å². The second-order valence-electron chi connectivity index (χ2n) is 8.30. The number of aromatic nitrogens is 1. The van der Waals surface area contributed by atoms with E-state index in [2.05, 4.69) is 40.5 Å². The molecule has 0 atom stereocenters. The van der Waals surface area contributed by atoms with Gasteiger partial charge in [0.15, 0.2) is 0 Å². The van der Waals surface area contributed by atoms with Gasteiger partial charge < -0.3 is 9.64 Å². The number of carbonyl (C=O) groups excluding carboxylic acids is 1. The number of pyridine rings is 1. The summed E-state index contributed by atoms with van der Waals surface area (Å²) in [6.45, 7) is 11.9. The van der Waals surface area contributed by atoms with Crippen molar-refractivity contribution in [3.05, 3.63) is 120 Å². The number of hydrogen-bond acceptors (Lipinski definition) is 6. The van der Waals surface area contributed by atoms with Gasteiger partial charge in [-0.05, 0) is 98.2 Å². The van der Waals surface area contributed by atoms with E-state index < -0.39 is 5.97 Å². The van der Waals surface area contributed by atoms with Crippen LogP contribution >= 0.6 is 0 Å². The number of carbonyl (C=O) groups is 1. The first-order chi connectivity index (χ1) is 18.6. The van der Waals surface area contributed by atoms with E-state index in [0.717, 1.165) is 35.6 Å². The van der Waals surface area contributed by atoms with Gasteiger partial charge in [0.1, 0.15) is 5.75 Å². The van der Waals surface area contributed by atoms with Crippen molar-refractivity contribution in [3.63, 3.8) is 0 Å². The summed E-state index contributed by atoms with van der Waals surface area (Å²) in [5.74, 6) is 0.0763. The summed E-state index contributed by atoms with van der Waals surface area (Å²) in [7, 11) is 0. The van der Waals surface area contributed by atoms with Gasteiger partial charge in [0, 0.05) is 36.7 Å². The lowest BCUT2D eigenvalue weighted by Crippen LogP contribution is -2.21. The molecular weight excluding hydrogens is 472 g/mol. The highest BCUT2D eigenvalue weighted by atomic mass is 16.5. The van der Waals surface area contributed by atoms with Gasteiger partial charge in [-0.15, -0.1) is 0 Å². The molecular formula is C32H34N4O2. The van der Waals surface area contributed by atoms with Crippen molar-refractivity contribution in [2.45, 2.75) is 27.2 Å². The minimum atomic E-state index is -0.406. The summed E-state index contributed by atoms with van der Waals surface area (Å²) in [5, 5.41) is 8.58. The zero-order chi connectivity index (χ0) is 27.2. The van der Waals surface area contributed by atoms with Crippen LogP contribution in [-0.4, -0.2) is 24.0 Å². The molecule has 0 aliphatic rings. The molecule has 0 bridgehead atoms. The highest BCUT2D eigenvalue weighted by Crippen LogP contribution is 2.21. The molecule has 0 spiro atoms. The maximum atomic E-state index is 12.7. The Hall–Kier alpha value is -4.58. The third kappa shape index (κ3) is 8.52. The highest BCUT2D eigenvalue weighted by Gasteiger charge is 2.10. The number of azo groups is 1. The van der Waals surface area contributed by atoms with Crippen molar-refractivity contribution in [3.8, 4) is 5.75 Å². The molecule has 0 aliphatic carbocycles. The van der Waals surface area contributed by atoms with E-state index in [-0.39, 0.29) is 0 Å². The van der Waals surface area contributed by atoms with E-state index >= 15 is 0 Å². The zero-order valence-electron chi connectivity index (χ0n) is 22.2. The fraction of sp³-hybridized carbons (Fsp3) is 0.188. The van der Waals surface area contributed by atoms with Gasteiger partial charge in [0.2, 0.25) is 0 Å². The van der Waals surface area contributed by atoms with Crippen LogP contribution in [0.3, 0.4) is 0 Å². The van der Waals surface area contributed by atoms with Crippen LogP contribution in [0.2, 0.25) is 0 Å². The molecule has 0 saturated carbocycles. The highest BCUT2D eigenvalue weighted by molar-refractivity contribution is 5.90. The van der Waals surface area contributed by atoms with Crippen molar-refractivity contribution >= 4 is 29.5 Å². The van der Waals surface area contributed by atoms with Gasteiger partial charge in [0.05, 0.1) is 11.4 Å². The second-order valence-corrected chi connectivity index (χ2v) is 8.30. The fourth-order valence-electron chi connectivity index (χ4n) is 3.58. The summed E-state index contributed by atoms with van der Waals surface area (Å²) in [5.41, 5.74) is 5.02. The molecule has 3 aromatic rings. The Labute approximate surface area is 225 Å². The predicted molar refractivity (Wildman–Crippen MR) is 156 cm³/mol. The summed E-state index contributed by atoms with van der Waals surface area (Å²) in [6, 6.07) is 19.2. The summed E-state index contributed by atoms with van der Waals surface area (Å²) in [6.07, 6.45) is 13.0. The van der Waals surface area contributed by atoms with Gasteiger partial charge >= 0.3 is 5.97 Å². The molecule has 6 heteroatoms. The maximum Gasteiger partial charge on any atom is 0.339 e. The second kappa shape index (κ2) is 14.9. The molecule has 0 saturated heterocycles. The Bertz CT molecular complexity index is 1300. The molecule has 2 aromatic carbocycles. The first-order valence-corrected chi connectivity index (χ1v) is 12.8. The quantitative estimate of drug-likeness (QED) is 0.0816. The first-order valence-electron chi connectivity index (χ1n) is 12.8. The lowest BCUT2D eigenvalue weighted by atomic mass is 10.1. The number of benzene rings is 2. The lowest BCUT2D eigenvalue weighted by molar-refractivity contribution is -0.130. The first kappa shape index (κ1) is 28.0. The zero-order valence-corrected chi connectivity index (χ0v) is 22.2. The lowest BCUT2D eigenvalue weighted by Gasteiger charge is -2.20. The van der Waals surface area contributed by atoms with Crippen molar-refractivity contribution in [2.75, 3.05) is 18.0 Å². The average Bonchev–Trinajstić information content (AvgIpc) is 2.96. The van der Waals surface area contributed by atoms with Gasteiger partial charge in [-0.3, -0.25) is 4.98 Å². The molecule has 0 unspecified atom stereocenters. The number of anilines is 1. The molecule has 0 radical (unpaired) electrons. The summed E-state index contributed by atoms with van der Waals surface area (Å²) < 4.78 is 5.58. The molecule has 0 fully saturated rings. The molecule has 1 heterocycles. The van der Waals surface area contributed by atoms with Crippen LogP contribution in [0.5, 0.6) is 5.75 Å². The fourth-order valence-corrected chi connectivity index (χ4v) is 3.58. The predicted octanol–water partition coefficient (Wildman–Crippen LogP) is 8.19. The van der Waals surface area contributed by atoms with Crippen LogP contribution in [-0.2, 0) is 4.79 Å². The topological polar surface area (TPSA) is 67.1 Å². The standard InChI is InChI=1S/C32H34N4O2/c1-5-27(13-14-28(6-2)34-35-29-15-17-30(18-16-29)36(7-3)8-4)32(37)38-31-19-11-25(12-20-31)9-10-26-21-23-33-24-22-26/h6,9-24H,2,5,7-8H2,1,3-4H3/b10-9?,27-13+,28-14+,35-34?. The molecule has 38 heavy (non-hydrogen) atoms. The Kier molecular flexibility index (Phi) is 10.9. The molecule has 3 rings (SSSR count). The minimum absolute atomic E-state index is 0.406. The summed E-state index contributed by atoms with van der Waals surface area (Å²) >= 11 is 0. The Morgan fingerprint density at radius 2 is 1.53 bits per heavy atom. The Morgan fingerprint density at radius 3 is 2.11 bits per heavy atom. The number of esters is 1. The smallest absolute Gasteiger partial charge is 0.339 e. The van der Waals surface area contributed by atoms with Crippen molar-refractivity contribution in [2.24, 2.45) is 10.2 Å². The maximum absolute atomic E-state index is 12.7. The third-order valence-electron chi connectivity index (χ3n) is 5.83. The van der Waals surface area contributed by atoms with E-state index in [1.54, 1.807) is 42.8 Å². The SMILES string of the molecule is C=C/C(=C\C=C(/CC)C(=O)Oc1ccc(C=Cc2ccncc2)cc1)N=Nc1ccc(N(CC)CC)cc1. The van der Waals surface area contributed by atoms with E-state index in [0.29, 0.717) is 23.4 Å². The van der Waals surface area contributed by atoms with E-state index in [1.807, 2.05) is 67.6 Å². The Morgan fingerprint density at radius 1 is 0.895 bits per heavy atom. The number of rotatable bonds is 12. The van der Waals surface area contributed by atoms with E-state index in [1.165, 1.54) is 0 Å². The van der Waals surface area contributed by atoms with Crippen LogP contribution in [0.15, 0.2) is 119 Å². The van der Waals surface area contributed by atoms with Crippen LogP contribution in [0.1, 0.15) is 38.3 Å². The van der Waals surface area contributed by atoms with Crippen molar-refractivity contribution in [1.82, 2.24) is 4.98 Å². The number of nitrogens with zero attached hydrogens (tertiary/aromatic N) is 4. The van der Waals surface area contributed by atoms with Gasteiger partial charge in [-0.2, -0.15) is 10.2 Å². The molecule has 0 N–H and O–H groups in total. The van der Waals surface area contributed by atoms with Crippen LogP contribution in [0.25, 0.3) is 12.2 Å². The molecule has 0 aliphatic heterocycles. The normalized spacial score (nSPS) is 12.2. The largest absolute Gasteiger partial charge is 0.423 e. The monoisotopic (exact) mass is 506 g/mol. The molecule has 0 amide bonds. The van der Waals surface area contributed by atoms with Crippen LogP contribution in [0.4, 0.5) is 11.4 Å². The number of hydrogen-bond donors (Lipinski definition) is 0. The molecule has 194 valence electrons. The van der Waals surface area contributed by atoms with Gasteiger partial charge in [-0.1, -0.05) is 37.8 Å². The average molecular weight is 507 g/mol.